The van der Waals surface area contributed by atoms with E-state index in [1.807, 2.05) is 48.5 Å². The fourth-order valence-electron chi connectivity index (χ4n) is 2.78. The lowest BCUT2D eigenvalue weighted by atomic mass is 10.1. The standard InChI is InChI=1S/C20H17ClN4OS/c21-17-10-3-4-12-19(17)26-13-6-14-27-20-22-23-24-25(20)18-11-5-8-15-7-1-2-9-16(15)18/h1-5,7-12H,6,13-14H2. The van der Waals surface area contributed by atoms with Gasteiger partial charge in [0.2, 0.25) is 5.16 Å². The Morgan fingerprint density at radius 1 is 0.963 bits per heavy atom. The van der Waals surface area contributed by atoms with Gasteiger partial charge in [0.1, 0.15) is 5.75 Å². The van der Waals surface area contributed by atoms with Crippen LogP contribution in [0.1, 0.15) is 6.42 Å². The molecule has 0 N–H and O–H groups in total. The van der Waals surface area contributed by atoms with E-state index in [4.69, 9.17) is 16.3 Å². The van der Waals surface area contributed by atoms with Crippen molar-refractivity contribution in [2.24, 2.45) is 0 Å². The summed E-state index contributed by atoms with van der Waals surface area (Å²) in [6.45, 7) is 0.590. The molecule has 0 amide bonds. The molecule has 1 heterocycles. The van der Waals surface area contributed by atoms with E-state index in [0.717, 1.165) is 33.8 Å². The summed E-state index contributed by atoms with van der Waals surface area (Å²) in [5, 5.41) is 15.9. The van der Waals surface area contributed by atoms with Crippen LogP contribution in [0.2, 0.25) is 5.02 Å². The lowest BCUT2D eigenvalue weighted by molar-refractivity contribution is 0.319. The van der Waals surface area contributed by atoms with Gasteiger partial charge in [-0.25, -0.2) is 0 Å². The van der Waals surface area contributed by atoms with Crippen molar-refractivity contribution in [3.05, 3.63) is 71.8 Å². The van der Waals surface area contributed by atoms with Gasteiger partial charge < -0.3 is 4.74 Å². The van der Waals surface area contributed by atoms with Gasteiger partial charge in [-0.1, -0.05) is 71.9 Å². The zero-order valence-corrected chi connectivity index (χ0v) is 16.0. The summed E-state index contributed by atoms with van der Waals surface area (Å²) in [5.41, 5.74) is 0.980. The van der Waals surface area contributed by atoms with Crippen LogP contribution in [-0.4, -0.2) is 32.6 Å². The van der Waals surface area contributed by atoms with Crippen LogP contribution < -0.4 is 4.74 Å². The largest absolute Gasteiger partial charge is 0.492 e. The van der Waals surface area contributed by atoms with Crippen molar-refractivity contribution < 1.29 is 4.74 Å². The highest BCUT2D eigenvalue weighted by atomic mass is 35.5. The Hall–Kier alpha value is -2.57. The van der Waals surface area contributed by atoms with E-state index in [1.165, 1.54) is 0 Å². The number of rotatable bonds is 7. The molecule has 4 aromatic rings. The lowest BCUT2D eigenvalue weighted by Crippen LogP contribution is -2.02. The summed E-state index contributed by atoms with van der Waals surface area (Å²) in [7, 11) is 0. The average molecular weight is 397 g/mol. The van der Waals surface area contributed by atoms with E-state index in [0.29, 0.717) is 17.4 Å². The molecule has 0 aliphatic heterocycles. The minimum Gasteiger partial charge on any atom is -0.492 e. The molecule has 5 nitrogen and oxygen atoms in total. The number of hydrogen-bond donors (Lipinski definition) is 0. The van der Waals surface area contributed by atoms with Gasteiger partial charge >= 0.3 is 0 Å². The molecule has 0 bridgehead atoms. The maximum atomic E-state index is 6.09. The fourth-order valence-corrected chi connectivity index (χ4v) is 3.77. The summed E-state index contributed by atoms with van der Waals surface area (Å²) >= 11 is 7.70. The zero-order valence-electron chi connectivity index (χ0n) is 14.5. The van der Waals surface area contributed by atoms with Crippen LogP contribution >= 0.6 is 23.4 Å². The lowest BCUT2D eigenvalue weighted by Gasteiger charge is -2.09. The van der Waals surface area contributed by atoms with Gasteiger partial charge in [-0.2, -0.15) is 4.68 Å². The number of fused-ring (bicyclic) bond motifs is 1. The SMILES string of the molecule is Clc1ccccc1OCCCSc1nnnn1-c1cccc2ccccc12. The molecule has 0 spiro atoms. The van der Waals surface area contributed by atoms with Crippen molar-refractivity contribution >= 4 is 34.1 Å². The number of benzene rings is 3. The Bertz CT molecular complexity index is 1050. The maximum Gasteiger partial charge on any atom is 0.214 e. The summed E-state index contributed by atoms with van der Waals surface area (Å²) in [5.74, 6) is 1.56. The quantitative estimate of drug-likeness (QED) is 0.324. The number of halogens is 1. The van der Waals surface area contributed by atoms with Gasteiger partial charge in [0, 0.05) is 11.1 Å². The van der Waals surface area contributed by atoms with Crippen LogP contribution in [-0.2, 0) is 0 Å². The summed E-state index contributed by atoms with van der Waals surface area (Å²) in [4.78, 5) is 0. The van der Waals surface area contributed by atoms with Crippen LogP contribution in [0.5, 0.6) is 5.75 Å². The third-order valence-electron chi connectivity index (χ3n) is 4.05. The Morgan fingerprint density at radius 2 is 1.78 bits per heavy atom. The second kappa shape index (κ2) is 8.41. The predicted molar refractivity (Wildman–Crippen MR) is 109 cm³/mol. The summed E-state index contributed by atoms with van der Waals surface area (Å²) in [6, 6.07) is 21.8. The second-order valence-corrected chi connectivity index (χ2v) is 7.32. The van der Waals surface area contributed by atoms with Crippen molar-refractivity contribution in [1.29, 1.82) is 0 Å². The van der Waals surface area contributed by atoms with E-state index in [-0.39, 0.29) is 0 Å². The molecule has 1 aromatic heterocycles. The molecule has 3 aromatic carbocycles. The summed E-state index contributed by atoms with van der Waals surface area (Å²) < 4.78 is 7.52. The first kappa shape index (κ1) is 17.8. The Kier molecular flexibility index (Phi) is 5.55. The molecular formula is C20H17ClN4OS. The minimum atomic E-state index is 0.590. The van der Waals surface area contributed by atoms with Gasteiger partial charge in [0.25, 0.3) is 0 Å². The van der Waals surface area contributed by atoms with Crippen molar-refractivity contribution in [3.63, 3.8) is 0 Å². The molecule has 0 unspecified atom stereocenters. The Labute approximate surface area is 166 Å². The molecule has 0 aliphatic carbocycles. The van der Waals surface area contributed by atoms with Gasteiger partial charge in [-0.15, -0.1) is 5.10 Å². The molecule has 0 fully saturated rings. The van der Waals surface area contributed by atoms with Crippen LogP contribution in [0, 0.1) is 0 Å². The third kappa shape index (κ3) is 4.07. The highest BCUT2D eigenvalue weighted by Crippen LogP contribution is 2.26. The molecular weight excluding hydrogens is 380 g/mol. The van der Waals surface area contributed by atoms with E-state index in [2.05, 4.69) is 33.7 Å². The molecule has 0 saturated heterocycles. The van der Waals surface area contributed by atoms with Gasteiger partial charge in [-0.05, 0) is 40.4 Å². The Balaban J connectivity index is 1.40. The smallest absolute Gasteiger partial charge is 0.214 e. The zero-order chi connectivity index (χ0) is 18.5. The van der Waals surface area contributed by atoms with E-state index in [1.54, 1.807) is 16.4 Å². The molecule has 4 rings (SSSR count). The van der Waals surface area contributed by atoms with Crippen molar-refractivity contribution in [2.75, 3.05) is 12.4 Å². The Morgan fingerprint density at radius 3 is 2.70 bits per heavy atom. The van der Waals surface area contributed by atoms with Crippen molar-refractivity contribution in [2.45, 2.75) is 11.6 Å². The molecule has 0 radical (unpaired) electrons. The monoisotopic (exact) mass is 396 g/mol. The first-order valence-electron chi connectivity index (χ1n) is 8.59. The number of hydrogen-bond acceptors (Lipinski definition) is 5. The van der Waals surface area contributed by atoms with Crippen LogP contribution in [0.25, 0.3) is 16.5 Å². The second-order valence-electron chi connectivity index (χ2n) is 5.85. The molecule has 136 valence electrons. The molecule has 27 heavy (non-hydrogen) atoms. The number of ether oxygens (including phenoxy) is 1. The van der Waals surface area contributed by atoms with Crippen LogP contribution in [0.3, 0.4) is 0 Å². The van der Waals surface area contributed by atoms with Crippen LogP contribution in [0.4, 0.5) is 0 Å². The van der Waals surface area contributed by atoms with E-state index in [9.17, 15) is 0 Å². The number of aromatic nitrogens is 4. The number of nitrogens with zero attached hydrogens (tertiary/aromatic N) is 4. The van der Waals surface area contributed by atoms with Gasteiger partial charge in [0.15, 0.2) is 0 Å². The normalized spacial score (nSPS) is 11.0. The molecule has 0 atom stereocenters. The third-order valence-corrected chi connectivity index (χ3v) is 5.37. The first-order chi connectivity index (χ1) is 13.3. The van der Waals surface area contributed by atoms with Gasteiger partial charge in [-0.3, -0.25) is 0 Å². The van der Waals surface area contributed by atoms with Crippen LogP contribution in [0.15, 0.2) is 71.9 Å². The molecule has 7 heteroatoms. The summed E-state index contributed by atoms with van der Waals surface area (Å²) in [6.07, 6.45) is 0.859. The molecule has 0 saturated carbocycles. The maximum absolute atomic E-state index is 6.09. The minimum absolute atomic E-state index is 0.590. The van der Waals surface area contributed by atoms with Gasteiger partial charge in [0.05, 0.1) is 17.3 Å². The average Bonchev–Trinajstić information content (AvgIpc) is 3.17. The first-order valence-corrected chi connectivity index (χ1v) is 9.96. The number of para-hydroxylation sites is 1. The number of tetrazole rings is 1. The molecule has 0 aliphatic rings. The highest BCUT2D eigenvalue weighted by molar-refractivity contribution is 7.99. The van der Waals surface area contributed by atoms with E-state index >= 15 is 0 Å². The predicted octanol–water partition coefficient (Wildman–Crippen LogP) is 5.03. The fraction of sp³-hybridized carbons (Fsp3) is 0.150. The van der Waals surface area contributed by atoms with Crippen molar-refractivity contribution in [1.82, 2.24) is 20.2 Å². The number of thioether (sulfide) groups is 1. The van der Waals surface area contributed by atoms with E-state index < -0.39 is 0 Å². The van der Waals surface area contributed by atoms with Crippen molar-refractivity contribution in [3.8, 4) is 11.4 Å². The topological polar surface area (TPSA) is 52.8 Å². The highest BCUT2D eigenvalue weighted by Gasteiger charge is 2.11.